The van der Waals surface area contributed by atoms with Crippen molar-refractivity contribution in [2.45, 2.75) is 13.8 Å². The molecule has 0 amide bonds. The van der Waals surface area contributed by atoms with Crippen molar-refractivity contribution >= 4 is 17.1 Å². The van der Waals surface area contributed by atoms with E-state index in [1.165, 1.54) is 11.3 Å². The maximum atomic E-state index is 12.3. The molecular formula is C13H13NO2S. The van der Waals surface area contributed by atoms with Crippen LogP contribution in [-0.4, -0.2) is 17.9 Å². The second kappa shape index (κ2) is 4.67. The zero-order valence-corrected chi connectivity index (χ0v) is 10.8. The van der Waals surface area contributed by atoms with Crippen molar-refractivity contribution < 1.29 is 9.53 Å². The first kappa shape index (κ1) is 11.8. The molecule has 0 saturated heterocycles. The topological polar surface area (TPSA) is 39.2 Å². The average molecular weight is 247 g/mol. The maximum Gasteiger partial charge on any atom is 0.216 e. The molecule has 0 spiro atoms. The average Bonchev–Trinajstić information content (AvgIpc) is 2.80. The second-order valence-electron chi connectivity index (χ2n) is 3.86. The number of rotatable bonds is 3. The smallest absolute Gasteiger partial charge is 0.216 e. The fourth-order valence-electron chi connectivity index (χ4n) is 1.83. The minimum Gasteiger partial charge on any atom is -0.496 e. The lowest BCUT2D eigenvalue weighted by molar-refractivity contribution is 0.103. The van der Waals surface area contributed by atoms with Crippen molar-refractivity contribution in [2.75, 3.05) is 7.11 Å². The second-order valence-corrected chi connectivity index (χ2v) is 4.58. The van der Waals surface area contributed by atoms with E-state index in [0.29, 0.717) is 17.0 Å². The van der Waals surface area contributed by atoms with Gasteiger partial charge in [0.2, 0.25) is 5.78 Å². The number of benzene rings is 1. The van der Waals surface area contributed by atoms with E-state index in [2.05, 4.69) is 4.98 Å². The van der Waals surface area contributed by atoms with Crippen molar-refractivity contribution in [3.05, 3.63) is 45.4 Å². The van der Waals surface area contributed by atoms with Gasteiger partial charge < -0.3 is 4.74 Å². The number of aromatic nitrogens is 1. The van der Waals surface area contributed by atoms with Crippen LogP contribution >= 0.6 is 11.3 Å². The monoisotopic (exact) mass is 247 g/mol. The van der Waals surface area contributed by atoms with Crippen LogP contribution in [0.4, 0.5) is 0 Å². The van der Waals surface area contributed by atoms with Gasteiger partial charge in [0, 0.05) is 5.38 Å². The highest BCUT2D eigenvalue weighted by Gasteiger charge is 2.18. The summed E-state index contributed by atoms with van der Waals surface area (Å²) in [4.78, 5) is 16.3. The molecule has 2 rings (SSSR count). The minimum atomic E-state index is -0.0828. The Hall–Kier alpha value is -1.68. The van der Waals surface area contributed by atoms with Gasteiger partial charge in [0.25, 0.3) is 0 Å². The third-order valence-electron chi connectivity index (χ3n) is 2.56. The molecule has 0 aliphatic rings. The van der Waals surface area contributed by atoms with E-state index in [4.69, 9.17) is 4.74 Å². The highest BCUT2D eigenvalue weighted by Crippen LogP contribution is 2.26. The van der Waals surface area contributed by atoms with Crippen LogP contribution in [0.2, 0.25) is 0 Å². The molecule has 0 aliphatic heterocycles. The van der Waals surface area contributed by atoms with Gasteiger partial charge in [0.05, 0.1) is 18.2 Å². The Labute approximate surface area is 104 Å². The maximum absolute atomic E-state index is 12.3. The van der Waals surface area contributed by atoms with E-state index in [0.717, 1.165) is 11.1 Å². The summed E-state index contributed by atoms with van der Waals surface area (Å²) in [5, 5.41) is 1.75. The summed E-state index contributed by atoms with van der Waals surface area (Å²) >= 11 is 1.41. The Morgan fingerprint density at radius 3 is 2.71 bits per heavy atom. The first-order valence-corrected chi connectivity index (χ1v) is 6.16. The molecule has 17 heavy (non-hydrogen) atoms. The standard InChI is InChI=1S/C13H13NO2S/c1-8-4-9(2)12(11(5-8)16-3)13(15)10-6-17-7-14-10/h4-7H,1-3H3. The molecule has 0 saturated carbocycles. The van der Waals surface area contributed by atoms with Crippen molar-refractivity contribution in [3.63, 3.8) is 0 Å². The molecule has 88 valence electrons. The van der Waals surface area contributed by atoms with Gasteiger partial charge in [-0.05, 0) is 31.0 Å². The van der Waals surface area contributed by atoms with Crippen LogP contribution in [0.15, 0.2) is 23.0 Å². The summed E-state index contributed by atoms with van der Waals surface area (Å²) in [5.41, 5.74) is 4.72. The summed E-state index contributed by atoms with van der Waals surface area (Å²) in [5.74, 6) is 0.529. The number of ketones is 1. The van der Waals surface area contributed by atoms with Gasteiger partial charge in [0.1, 0.15) is 11.4 Å². The Bertz CT molecular complexity index is 547. The van der Waals surface area contributed by atoms with Gasteiger partial charge in [-0.3, -0.25) is 4.79 Å². The van der Waals surface area contributed by atoms with Gasteiger partial charge in [-0.15, -0.1) is 11.3 Å². The zero-order chi connectivity index (χ0) is 12.4. The summed E-state index contributed by atoms with van der Waals surface area (Å²) < 4.78 is 5.28. The highest BCUT2D eigenvalue weighted by molar-refractivity contribution is 7.07. The molecule has 0 radical (unpaired) electrons. The van der Waals surface area contributed by atoms with E-state index in [1.807, 2.05) is 26.0 Å². The number of hydrogen-bond donors (Lipinski definition) is 0. The number of aryl methyl sites for hydroxylation is 2. The number of hydrogen-bond acceptors (Lipinski definition) is 4. The van der Waals surface area contributed by atoms with Crippen molar-refractivity contribution in [1.82, 2.24) is 4.98 Å². The summed E-state index contributed by atoms with van der Waals surface area (Å²) in [6, 6.07) is 3.84. The lowest BCUT2D eigenvalue weighted by atomic mass is 9.99. The van der Waals surface area contributed by atoms with Gasteiger partial charge in [0.15, 0.2) is 0 Å². The first-order valence-electron chi connectivity index (χ1n) is 5.21. The predicted octanol–water partition coefficient (Wildman–Crippen LogP) is 3.00. The number of nitrogens with zero attached hydrogens (tertiary/aromatic N) is 1. The van der Waals surface area contributed by atoms with E-state index in [9.17, 15) is 4.79 Å². The Morgan fingerprint density at radius 2 is 2.12 bits per heavy atom. The van der Waals surface area contributed by atoms with Crippen LogP contribution < -0.4 is 4.74 Å². The van der Waals surface area contributed by atoms with Crippen molar-refractivity contribution in [1.29, 1.82) is 0 Å². The highest BCUT2D eigenvalue weighted by atomic mass is 32.1. The molecule has 2 aromatic rings. The quantitative estimate of drug-likeness (QED) is 0.783. The molecule has 1 aromatic heterocycles. The molecule has 4 heteroatoms. The van der Waals surface area contributed by atoms with Gasteiger partial charge in [-0.2, -0.15) is 0 Å². The third kappa shape index (κ3) is 2.22. The van der Waals surface area contributed by atoms with E-state index >= 15 is 0 Å². The van der Waals surface area contributed by atoms with E-state index < -0.39 is 0 Å². The fourth-order valence-corrected chi connectivity index (χ4v) is 2.37. The van der Waals surface area contributed by atoms with Crippen LogP contribution in [0.1, 0.15) is 27.2 Å². The third-order valence-corrected chi connectivity index (χ3v) is 3.14. The lowest BCUT2D eigenvalue weighted by Crippen LogP contribution is -2.07. The predicted molar refractivity (Wildman–Crippen MR) is 68.0 cm³/mol. The zero-order valence-electron chi connectivity index (χ0n) is 9.98. The lowest BCUT2D eigenvalue weighted by Gasteiger charge is -2.10. The van der Waals surface area contributed by atoms with Crippen LogP contribution in [0.3, 0.4) is 0 Å². The van der Waals surface area contributed by atoms with Crippen molar-refractivity contribution in [2.24, 2.45) is 0 Å². The molecule has 1 aromatic carbocycles. The Morgan fingerprint density at radius 1 is 1.35 bits per heavy atom. The fraction of sp³-hybridized carbons (Fsp3) is 0.231. The van der Waals surface area contributed by atoms with Crippen LogP contribution in [0.5, 0.6) is 5.75 Å². The molecule has 0 fully saturated rings. The molecule has 1 heterocycles. The molecule has 0 bridgehead atoms. The number of carbonyl (C=O) groups is 1. The summed E-state index contributed by atoms with van der Waals surface area (Å²) in [6.07, 6.45) is 0. The minimum absolute atomic E-state index is 0.0828. The van der Waals surface area contributed by atoms with Gasteiger partial charge >= 0.3 is 0 Å². The number of methoxy groups -OCH3 is 1. The normalized spacial score (nSPS) is 10.3. The van der Waals surface area contributed by atoms with Crippen molar-refractivity contribution in [3.8, 4) is 5.75 Å². The van der Waals surface area contributed by atoms with Gasteiger partial charge in [-0.1, -0.05) is 6.07 Å². The summed E-state index contributed by atoms with van der Waals surface area (Å²) in [7, 11) is 1.58. The Balaban J connectivity index is 2.55. The molecule has 3 nitrogen and oxygen atoms in total. The SMILES string of the molecule is COc1cc(C)cc(C)c1C(=O)c1cscn1. The molecule has 0 unspecified atom stereocenters. The molecule has 0 aliphatic carbocycles. The van der Waals surface area contributed by atoms with E-state index in [-0.39, 0.29) is 5.78 Å². The molecule has 0 atom stereocenters. The first-order chi connectivity index (χ1) is 8.13. The Kier molecular flexibility index (Phi) is 3.24. The number of ether oxygens (including phenoxy) is 1. The number of thiazole rings is 1. The largest absolute Gasteiger partial charge is 0.496 e. The molecule has 0 N–H and O–H groups in total. The van der Waals surface area contributed by atoms with Crippen LogP contribution in [0.25, 0.3) is 0 Å². The molecular weight excluding hydrogens is 234 g/mol. The van der Waals surface area contributed by atoms with Gasteiger partial charge in [-0.25, -0.2) is 4.98 Å². The van der Waals surface area contributed by atoms with Crippen LogP contribution in [-0.2, 0) is 0 Å². The number of carbonyl (C=O) groups excluding carboxylic acids is 1. The summed E-state index contributed by atoms with van der Waals surface area (Å²) in [6.45, 7) is 3.89. The van der Waals surface area contributed by atoms with Crippen LogP contribution in [0, 0.1) is 13.8 Å². The van der Waals surface area contributed by atoms with E-state index in [1.54, 1.807) is 18.0 Å².